The van der Waals surface area contributed by atoms with Crippen LogP contribution in [-0.4, -0.2) is 15.1 Å². The molecule has 1 aromatic rings. The van der Waals surface area contributed by atoms with Crippen LogP contribution in [0.1, 0.15) is 48.8 Å². The highest BCUT2D eigenvalue weighted by Crippen LogP contribution is 2.34. The summed E-state index contributed by atoms with van der Waals surface area (Å²) in [5, 5.41) is 8.92. The van der Waals surface area contributed by atoms with Gasteiger partial charge < -0.3 is 10.1 Å². The molecule has 1 heterocycles. The molecule has 1 aliphatic rings. The summed E-state index contributed by atoms with van der Waals surface area (Å²) in [6.07, 6.45) is 5.17. The Morgan fingerprint density at radius 2 is 2.15 bits per heavy atom. The van der Waals surface area contributed by atoms with Crippen LogP contribution in [0, 0.1) is 6.92 Å². The number of aliphatic hydroxyl groups is 1. The zero-order chi connectivity index (χ0) is 9.26. The van der Waals surface area contributed by atoms with E-state index in [1.54, 1.807) is 0 Å². The summed E-state index contributed by atoms with van der Waals surface area (Å²) in [5.74, 6) is 1.34. The molecular formula is C10H16N2O. The van der Waals surface area contributed by atoms with Crippen molar-refractivity contribution in [2.24, 2.45) is 0 Å². The molecule has 13 heavy (non-hydrogen) atoms. The lowest BCUT2D eigenvalue weighted by molar-refractivity contribution is 0.272. The molecule has 0 unspecified atom stereocenters. The van der Waals surface area contributed by atoms with Gasteiger partial charge in [-0.3, -0.25) is 0 Å². The van der Waals surface area contributed by atoms with Crippen molar-refractivity contribution >= 4 is 0 Å². The van der Waals surface area contributed by atoms with Crippen molar-refractivity contribution in [2.75, 3.05) is 0 Å². The molecule has 3 heteroatoms. The molecule has 2 N–H and O–H groups in total. The molecule has 0 atom stereocenters. The van der Waals surface area contributed by atoms with Crippen LogP contribution in [0.5, 0.6) is 0 Å². The van der Waals surface area contributed by atoms with Crippen LogP contribution in [0.15, 0.2) is 0 Å². The van der Waals surface area contributed by atoms with Gasteiger partial charge in [-0.25, -0.2) is 4.98 Å². The number of aromatic nitrogens is 2. The fraction of sp³-hybridized carbons (Fsp3) is 0.700. The lowest BCUT2D eigenvalue weighted by Crippen LogP contribution is -1.95. The van der Waals surface area contributed by atoms with E-state index in [2.05, 4.69) is 9.97 Å². The maximum absolute atomic E-state index is 8.92. The molecule has 0 aromatic carbocycles. The Bertz CT molecular complexity index is 287. The van der Waals surface area contributed by atoms with E-state index < -0.39 is 0 Å². The Morgan fingerprint density at radius 1 is 1.46 bits per heavy atom. The second-order valence-corrected chi connectivity index (χ2v) is 3.83. The number of nitrogens with zero attached hydrogens (tertiary/aromatic N) is 1. The van der Waals surface area contributed by atoms with Gasteiger partial charge >= 0.3 is 0 Å². The number of imidazole rings is 1. The molecule has 72 valence electrons. The highest BCUT2D eigenvalue weighted by atomic mass is 16.3. The smallest absolute Gasteiger partial charge is 0.132 e. The molecule has 0 aliphatic heterocycles. The van der Waals surface area contributed by atoms with Crippen molar-refractivity contribution in [3.05, 3.63) is 17.2 Å². The third-order valence-electron chi connectivity index (χ3n) is 2.86. The predicted molar refractivity (Wildman–Crippen MR) is 50.5 cm³/mol. The van der Waals surface area contributed by atoms with Crippen LogP contribution >= 0.6 is 0 Å². The zero-order valence-corrected chi connectivity index (χ0v) is 8.01. The first-order valence-electron chi connectivity index (χ1n) is 4.97. The van der Waals surface area contributed by atoms with E-state index in [0.29, 0.717) is 11.7 Å². The van der Waals surface area contributed by atoms with Gasteiger partial charge in [0.1, 0.15) is 12.4 Å². The minimum atomic E-state index is 0.0214. The molecule has 3 nitrogen and oxygen atoms in total. The second-order valence-electron chi connectivity index (χ2n) is 3.83. The highest BCUT2D eigenvalue weighted by Gasteiger charge is 2.21. The van der Waals surface area contributed by atoms with Crippen LogP contribution in [0.3, 0.4) is 0 Å². The van der Waals surface area contributed by atoms with Gasteiger partial charge in [-0.2, -0.15) is 0 Å². The molecule has 1 aliphatic carbocycles. The average Bonchev–Trinajstić information content (AvgIpc) is 2.72. The molecule has 0 amide bonds. The summed E-state index contributed by atoms with van der Waals surface area (Å²) in [6.45, 7) is 2.06. The summed E-state index contributed by atoms with van der Waals surface area (Å²) in [6, 6.07) is 0. The van der Waals surface area contributed by atoms with Crippen molar-refractivity contribution in [1.82, 2.24) is 9.97 Å². The van der Waals surface area contributed by atoms with Gasteiger partial charge in [0.15, 0.2) is 0 Å². The van der Waals surface area contributed by atoms with Gasteiger partial charge in [0.25, 0.3) is 0 Å². The third kappa shape index (κ3) is 1.61. The fourth-order valence-corrected chi connectivity index (χ4v) is 2.21. The maximum atomic E-state index is 8.92. The first-order valence-corrected chi connectivity index (χ1v) is 4.97. The SMILES string of the molecule is Cc1[nH]c(CO)nc1C1CCCC1. The van der Waals surface area contributed by atoms with E-state index in [1.807, 2.05) is 6.92 Å². The van der Waals surface area contributed by atoms with E-state index in [4.69, 9.17) is 5.11 Å². The Balaban J connectivity index is 2.22. The summed E-state index contributed by atoms with van der Waals surface area (Å²) < 4.78 is 0. The van der Waals surface area contributed by atoms with E-state index in [9.17, 15) is 0 Å². The topological polar surface area (TPSA) is 48.9 Å². The van der Waals surface area contributed by atoms with Gasteiger partial charge in [-0.15, -0.1) is 0 Å². The van der Waals surface area contributed by atoms with Crippen molar-refractivity contribution in [1.29, 1.82) is 0 Å². The van der Waals surface area contributed by atoms with Gasteiger partial charge in [-0.1, -0.05) is 12.8 Å². The molecule has 0 radical (unpaired) electrons. The Kier molecular flexibility index (Phi) is 2.36. The first-order chi connectivity index (χ1) is 6.31. The van der Waals surface area contributed by atoms with Crippen LogP contribution in [0.4, 0.5) is 0 Å². The fourth-order valence-electron chi connectivity index (χ4n) is 2.21. The minimum Gasteiger partial charge on any atom is -0.388 e. The standard InChI is InChI=1S/C10H16N2O/c1-7-10(8-4-2-3-5-8)12-9(6-13)11-7/h8,13H,2-6H2,1H3,(H,11,12). The molecule has 1 aromatic heterocycles. The van der Waals surface area contributed by atoms with E-state index in [1.165, 1.54) is 31.4 Å². The van der Waals surface area contributed by atoms with Gasteiger partial charge in [0.05, 0.1) is 5.69 Å². The number of aliphatic hydroxyl groups excluding tert-OH is 1. The normalized spacial score (nSPS) is 18.3. The summed E-state index contributed by atoms with van der Waals surface area (Å²) in [7, 11) is 0. The van der Waals surface area contributed by atoms with Crippen molar-refractivity contribution in [3.8, 4) is 0 Å². The molecule has 0 saturated heterocycles. The van der Waals surface area contributed by atoms with Gasteiger partial charge in [0, 0.05) is 11.6 Å². The number of hydrogen-bond acceptors (Lipinski definition) is 2. The number of aryl methyl sites for hydroxylation is 1. The van der Waals surface area contributed by atoms with Crippen molar-refractivity contribution in [2.45, 2.75) is 45.1 Å². The van der Waals surface area contributed by atoms with Crippen LogP contribution in [-0.2, 0) is 6.61 Å². The van der Waals surface area contributed by atoms with Crippen LogP contribution < -0.4 is 0 Å². The Hall–Kier alpha value is -0.830. The monoisotopic (exact) mass is 180 g/mol. The largest absolute Gasteiger partial charge is 0.388 e. The van der Waals surface area contributed by atoms with E-state index in [-0.39, 0.29) is 6.61 Å². The summed E-state index contributed by atoms with van der Waals surface area (Å²) >= 11 is 0. The lowest BCUT2D eigenvalue weighted by Gasteiger charge is -2.05. The number of aromatic amines is 1. The minimum absolute atomic E-state index is 0.0214. The predicted octanol–water partition coefficient (Wildman–Crippen LogP) is 1.87. The number of nitrogens with one attached hydrogen (secondary N) is 1. The second kappa shape index (κ2) is 3.50. The molecular weight excluding hydrogens is 164 g/mol. The summed E-state index contributed by atoms with van der Waals surface area (Å²) in [4.78, 5) is 7.51. The average molecular weight is 180 g/mol. The quantitative estimate of drug-likeness (QED) is 0.730. The first kappa shape index (κ1) is 8.75. The maximum Gasteiger partial charge on any atom is 0.132 e. The summed E-state index contributed by atoms with van der Waals surface area (Å²) in [5.41, 5.74) is 2.32. The highest BCUT2D eigenvalue weighted by molar-refractivity contribution is 5.18. The number of H-pyrrole nitrogens is 1. The third-order valence-corrected chi connectivity index (χ3v) is 2.86. The number of hydrogen-bond donors (Lipinski definition) is 2. The van der Waals surface area contributed by atoms with Crippen LogP contribution in [0.2, 0.25) is 0 Å². The van der Waals surface area contributed by atoms with Crippen molar-refractivity contribution in [3.63, 3.8) is 0 Å². The van der Waals surface area contributed by atoms with E-state index in [0.717, 1.165) is 5.69 Å². The van der Waals surface area contributed by atoms with E-state index >= 15 is 0 Å². The van der Waals surface area contributed by atoms with Gasteiger partial charge in [0.2, 0.25) is 0 Å². The van der Waals surface area contributed by atoms with Gasteiger partial charge in [-0.05, 0) is 19.8 Å². The van der Waals surface area contributed by atoms with Crippen molar-refractivity contribution < 1.29 is 5.11 Å². The molecule has 1 saturated carbocycles. The molecule has 0 bridgehead atoms. The Labute approximate surface area is 78.2 Å². The Morgan fingerprint density at radius 3 is 2.69 bits per heavy atom. The molecule has 2 rings (SSSR count). The molecule has 1 fully saturated rings. The number of rotatable bonds is 2. The molecule has 0 spiro atoms. The van der Waals surface area contributed by atoms with Crippen LogP contribution in [0.25, 0.3) is 0 Å². The lowest BCUT2D eigenvalue weighted by atomic mass is 10.0. The zero-order valence-electron chi connectivity index (χ0n) is 8.01.